The predicted molar refractivity (Wildman–Crippen MR) is 69.4 cm³/mol. The van der Waals surface area contributed by atoms with Crippen LogP contribution < -0.4 is 5.73 Å². The number of hydrogen-bond acceptors (Lipinski definition) is 3. The zero-order valence-electron chi connectivity index (χ0n) is 11.2. The minimum atomic E-state index is -0.513. The molecule has 1 heterocycles. The summed E-state index contributed by atoms with van der Waals surface area (Å²) in [6, 6.07) is 6.09. The minimum Gasteiger partial charge on any atom is -0.402 e. The van der Waals surface area contributed by atoms with Crippen molar-refractivity contribution in [3.05, 3.63) is 35.6 Å². The zero-order valence-corrected chi connectivity index (χ0v) is 11.2. The third-order valence-corrected chi connectivity index (χ3v) is 3.82. The van der Waals surface area contributed by atoms with Gasteiger partial charge in [-0.15, -0.1) is 0 Å². The van der Waals surface area contributed by atoms with Gasteiger partial charge in [0.25, 0.3) is 0 Å². The topological polar surface area (TPSA) is 44.5 Å². The number of nitrogens with two attached hydrogens (primary N) is 1. The first-order valence-corrected chi connectivity index (χ1v) is 6.10. The third kappa shape index (κ3) is 2.30. The highest BCUT2D eigenvalue weighted by Gasteiger charge is 2.53. The molecule has 1 aromatic carbocycles. The van der Waals surface area contributed by atoms with Gasteiger partial charge in [0.05, 0.1) is 17.1 Å². The van der Waals surface area contributed by atoms with E-state index < -0.39 is 24.3 Å². The molecule has 18 heavy (non-hydrogen) atoms. The van der Waals surface area contributed by atoms with E-state index >= 15 is 0 Å². The largest absolute Gasteiger partial charge is 0.480 e. The molecule has 98 valence electrons. The van der Waals surface area contributed by atoms with Crippen LogP contribution in [0.25, 0.3) is 0 Å². The summed E-state index contributed by atoms with van der Waals surface area (Å²) < 4.78 is 24.6. The molecule has 1 atom stereocenters. The Morgan fingerprint density at radius 1 is 1.06 bits per heavy atom. The molecule has 1 fully saturated rings. The van der Waals surface area contributed by atoms with Crippen molar-refractivity contribution in [2.24, 2.45) is 5.73 Å². The molecule has 0 spiro atoms. The van der Waals surface area contributed by atoms with Crippen LogP contribution >= 0.6 is 0 Å². The van der Waals surface area contributed by atoms with Gasteiger partial charge in [-0.1, -0.05) is 12.1 Å². The summed E-state index contributed by atoms with van der Waals surface area (Å²) in [4.78, 5) is 0. The molecule has 0 bridgehead atoms. The van der Waals surface area contributed by atoms with Crippen molar-refractivity contribution in [3.8, 4) is 0 Å². The van der Waals surface area contributed by atoms with E-state index in [1.807, 2.05) is 27.7 Å². The number of hydrogen-bond donors (Lipinski definition) is 1. The Balaban J connectivity index is 2.17. The van der Waals surface area contributed by atoms with Gasteiger partial charge in [0.1, 0.15) is 5.82 Å². The number of halogens is 1. The van der Waals surface area contributed by atoms with Gasteiger partial charge in [-0.25, -0.2) is 4.39 Å². The third-order valence-electron chi connectivity index (χ3n) is 3.82. The molecule has 2 rings (SSSR count). The molecule has 1 saturated heterocycles. The van der Waals surface area contributed by atoms with Crippen molar-refractivity contribution in [2.45, 2.75) is 44.8 Å². The summed E-state index contributed by atoms with van der Waals surface area (Å²) in [6.45, 7) is 7.91. The molecule has 5 heteroatoms. The van der Waals surface area contributed by atoms with Crippen molar-refractivity contribution < 1.29 is 13.7 Å². The second-order valence-corrected chi connectivity index (χ2v) is 5.70. The van der Waals surface area contributed by atoms with Crippen molar-refractivity contribution in [1.29, 1.82) is 0 Å². The highest BCUT2D eigenvalue weighted by Crippen LogP contribution is 2.39. The summed E-state index contributed by atoms with van der Waals surface area (Å²) in [7, 11) is -0.513. The molecule has 1 aliphatic heterocycles. The number of rotatable bonds is 2. The summed E-state index contributed by atoms with van der Waals surface area (Å²) >= 11 is 0. The Hall–Kier alpha value is -0.905. The highest BCUT2D eigenvalue weighted by atomic mass is 19.1. The molecule has 0 unspecified atom stereocenters. The molecular formula is C13H19BFNO2. The second-order valence-electron chi connectivity index (χ2n) is 5.70. The van der Waals surface area contributed by atoms with Crippen LogP contribution in [-0.2, 0) is 9.31 Å². The number of benzene rings is 1. The van der Waals surface area contributed by atoms with Crippen molar-refractivity contribution in [2.75, 3.05) is 0 Å². The summed E-state index contributed by atoms with van der Waals surface area (Å²) in [5, 5.41) is 0. The molecule has 3 nitrogen and oxygen atoms in total. The lowest BCUT2D eigenvalue weighted by Gasteiger charge is -2.32. The van der Waals surface area contributed by atoms with E-state index in [2.05, 4.69) is 0 Å². The van der Waals surface area contributed by atoms with Crippen molar-refractivity contribution in [1.82, 2.24) is 0 Å². The molecule has 0 amide bonds. The predicted octanol–water partition coefficient (Wildman–Crippen LogP) is 2.46. The van der Waals surface area contributed by atoms with Crippen LogP contribution in [0.4, 0.5) is 4.39 Å². The van der Waals surface area contributed by atoms with Gasteiger partial charge in [0, 0.05) is 0 Å². The lowest BCUT2D eigenvalue weighted by molar-refractivity contribution is 0.00578. The first-order chi connectivity index (χ1) is 8.23. The molecule has 1 aliphatic rings. The van der Waals surface area contributed by atoms with E-state index in [4.69, 9.17) is 15.0 Å². The maximum atomic E-state index is 12.9. The van der Waals surface area contributed by atoms with Crippen molar-refractivity contribution >= 4 is 7.12 Å². The van der Waals surface area contributed by atoms with E-state index in [9.17, 15) is 4.39 Å². The first kappa shape index (κ1) is 13.5. The Kier molecular flexibility index (Phi) is 3.26. The lowest BCUT2D eigenvalue weighted by Crippen LogP contribution is -2.41. The molecule has 0 aliphatic carbocycles. The van der Waals surface area contributed by atoms with E-state index in [-0.39, 0.29) is 5.82 Å². The molecular weight excluding hydrogens is 232 g/mol. The van der Waals surface area contributed by atoms with Crippen LogP contribution in [0.3, 0.4) is 0 Å². The SMILES string of the molecule is CC1(C)OB([C@@H](N)c2ccc(F)cc2)OC1(C)C. The van der Waals surface area contributed by atoms with Crippen molar-refractivity contribution in [3.63, 3.8) is 0 Å². The fraction of sp³-hybridized carbons (Fsp3) is 0.538. The van der Waals surface area contributed by atoms with E-state index in [1.54, 1.807) is 12.1 Å². The quantitative estimate of drug-likeness (QED) is 0.821. The van der Waals surface area contributed by atoms with Crippen LogP contribution in [0.2, 0.25) is 0 Å². The lowest BCUT2D eigenvalue weighted by atomic mass is 9.75. The minimum absolute atomic E-state index is 0.278. The van der Waals surface area contributed by atoms with E-state index in [0.29, 0.717) is 0 Å². The summed E-state index contributed by atoms with van der Waals surface area (Å²) in [5.41, 5.74) is 6.11. The Morgan fingerprint density at radius 2 is 1.50 bits per heavy atom. The van der Waals surface area contributed by atoms with Crippen LogP contribution in [-0.4, -0.2) is 18.3 Å². The van der Waals surface area contributed by atoms with Crippen LogP contribution in [0.5, 0.6) is 0 Å². The fourth-order valence-corrected chi connectivity index (χ4v) is 1.88. The Bertz CT molecular complexity index is 417. The maximum absolute atomic E-state index is 12.9. The second kappa shape index (κ2) is 4.33. The first-order valence-electron chi connectivity index (χ1n) is 6.10. The molecule has 0 radical (unpaired) electrons. The van der Waals surface area contributed by atoms with Crippen LogP contribution in [0, 0.1) is 5.82 Å². The Morgan fingerprint density at radius 3 is 1.94 bits per heavy atom. The maximum Gasteiger partial charge on any atom is 0.480 e. The molecule has 0 aromatic heterocycles. The zero-order chi connectivity index (χ0) is 13.6. The molecule has 1 aromatic rings. The van der Waals surface area contributed by atoms with E-state index in [1.165, 1.54) is 12.1 Å². The highest BCUT2D eigenvalue weighted by molar-refractivity contribution is 6.47. The normalized spacial score (nSPS) is 23.1. The van der Waals surface area contributed by atoms with Crippen LogP contribution in [0.1, 0.15) is 39.2 Å². The average Bonchev–Trinajstić information content (AvgIpc) is 2.48. The smallest absolute Gasteiger partial charge is 0.402 e. The van der Waals surface area contributed by atoms with Gasteiger partial charge in [-0.2, -0.15) is 0 Å². The van der Waals surface area contributed by atoms with Gasteiger partial charge in [-0.05, 0) is 45.4 Å². The fourth-order valence-electron chi connectivity index (χ4n) is 1.88. The average molecular weight is 251 g/mol. The summed E-state index contributed by atoms with van der Waals surface area (Å²) in [5.74, 6) is -0.702. The van der Waals surface area contributed by atoms with E-state index in [0.717, 1.165) is 5.56 Å². The van der Waals surface area contributed by atoms with Crippen LogP contribution in [0.15, 0.2) is 24.3 Å². The standard InChI is InChI=1S/C13H19BFNO2/c1-12(2)13(3,4)18-14(17-12)11(16)9-5-7-10(15)8-6-9/h5-8,11H,16H2,1-4H3/t11-/m0/s1. The van der Waals surface area contributed by atoms with Gasteiger partial charge in [0.2, 0.25) is 0 Å². The molecule has 0 saturated carbocycles. The molecule has 2 N–H and O–H groups in total. The van der Waals surface area contributed by atoms with Gasteiger partial charge in [0.15, 0.2) is 0 Å². The van der Waals surface area contributed by atoms with Gasteiger partial charge >= 0.3 is 7.12 Å². The van der Waals surface area contributed by atoms with Gasteiger partial charge < -0.3 is 15.0 Å². The Labute approximate surface area is 108 Å². The van der Waals surface area contributed by atoms with Gasteiger partial charge in [-0.3, -0.25) is 0 Å². The monoisotopic (exact) mass is 251 g/mol. The summed E-state index contributed by atoms with van der Waals surface area (Å²) in [6.07, 6.45) is 0.